The summed E-state index contributed by atoms with van der Waals surface area (Å²) in [5, 5.41) is 0. The van der Waals surface area contributed by atoms with Crippen molar-refractivity contribution in [3.63, 3.8) is 0 Å². The zero-order valence-electron chi connectivity index (χ0n) is 12.1. The average molecular weight is 259 g/mol. The van der Waals surface area contributed by atoms with Gasteiger partial charge in [-0.2, -0.15) is 0 Å². The summed E-state index contributed by atoms with van der Waals surface area (Å²) in [5.41, 5.74) is 0. The first-order chi connectivity index (χ1) is 8.45. The summed E-state index contributed by atoms with van der Waals surface area (Å²) in [6, 6.07) is -0.915. The maximum absolute atomic E-state index is 11.9. The van der Waals surface area contributed by atoms with Crippen molar-refractivity contribution in [1.29, 1.82) is 0 Å². The van der Waals surface area contributed by atoms with E-state index < -0.39 is 18.0 Å². The van der Waals surface area contributed by atoms with Crippen molar-refractivity contribution in [2.24, 2.45) is 0 Å². The maximum atomic E-state index is 11.9. The fourth-order valence-corrected chi connectivity index (χ4v) is 1.29. The lowest BCUT2D eigenvalue weighted by Gasteiger charge is -2.27. The molecule has 0 aromatic carbocycles. The van der Waals surface area contributed by atoms with Gasteiger partial charge >= 0.3 is 11.9 Å². The van der Waals surface area contributed by atoms with Gasteiger partial charge in [-0.25, -0.2) is 9.59 Å². The van der Waals surface area contributed by atoms with E-state index in [-0.39, 0.29) is 6.04 Å². The van der Waals surface area contributed by atoms with Crippen LogP contribution in [0.2, 0.25) is 0 Å². The molecule has 18 heavy (non-hydrogen) atoms. The Balaban J connectivity index is 4.70. The first-order valence-electron chi connectivity index (χ1n) is 6.50. The van der Waals surface area contributed by atoms with E-state index in [1.165, 1.54) is 0 Å². The zero-order chi connectivity index (χ0) is 14.1. The summed E-state index contributed by atoms with van der Waals surface area (Å²) in [6.07, 6.45) is 1.46. The average Bonchev–Trinajstić information content (AvgIpc) is 2.33. The highest BCUT2D eigenvalue weighted by Crippen LogP contribution is 2.07. The first-order valence-corrected chi connectivity index (χ1v) is 6.50. The van der Waals surface area contributed by atoms with Gasteiger partial charge in [0.25, 0.3) is 0 Å². The molecule has 0 saturated carbocycles. The van der Waals surface area contributed by atoms with E-state index in [2.05, 4.69) is 0 Å². The molecule has 0 unspecified atom stereocenters. The molecule has 106 valence electrons. The monoisotopic (exact) mass is 259 g/mol. The van der Waals surface area contributed by atoms with Crippen molar-refractivity contribution in [3.8, 4) is 0 Å². The van der Waals surface area contributed by atoms with Crippen LogP contribution in [0.1, 0.15) is 40.5 Å². The van der Waals surface area contributed by atoms with Crippen LogP contribution in [0.15, 0.2) is 0 Å². The number of carbonyl (C=O) groups excluding carboxylic acids is 2. The second-order valence-corrected chi connectivity index (χ2v) is 4.50. The molecule has 0 aromatic rings. The molecule has 0 N–H and O–H groups in total. The number of likely N-dealkylation sites (N-methyl/N-ethyl adjacent to an activating group) is 1. The van der Waals surface area contributed by atoms with Crippen molar-refractivity contribution in [2.45, 2.75) is 52.6 Å². The number of ether oxygens (including phenoxy) is 2. The van der Waals surface area contributed by atoms with Gasteiger partial charge in [-0.1, -0.05) is 13.8 Å². The normalized spacial score (nSPS) is 11.1. The van der Waals surface area contributed by atoms with Crippen molar-refractivity contribution in [3.05, 3.63) is 0 Å². The third kappa shape index (κ3) is 5.49. The van der Waals surface area contributed by atoms with Crippen molar-refractivity contribution < 1.29 is 19.1 Å². The summed E-state index contributed by atoms with van der Waals surface area (Å²) in [7, 11) is 1.72. The molecule has 5 nitrogen and oxygen atoms in total. The van der Waals surface area contributed by atoms with Crippen LogP contribution in [0, 0.1) is 0 Å². The van der Waals surface area contributed by atoms with E-state index in [0.29, 0.717) is 13.2 Å². The highest BCUT2D eigenvalue weighted by Gasteiger charge is 2.34. The summed E-state index contributed by atoms with van der Waals surface area (Å²) >= 11 is 0. The van der Waals surface area contributed by atoms with Gasteiger partial charge in [0.05, 0.1) is 13.2 Å². The highest BCUT2D eigenvalue weighted by atomic mass is 16.6. The summed E-state index contributed by atoms with van der Waals surface area (Å²) in [6.45, 7) is 8.28. The number of esters is 2. The Morgan fingerprint density at radius 1 is 1.00 bits per heavy atom. The van der Waals surface area contributed by atoms with Crippen LogP contribution in [0.5, 0.6) is 0 Å². The topological polar surface area (TPSA) is 55.8 Å². The van der Waals surface area contributed by atoms with Gasteiger partial charge in [-0.15, -0.1) is 0 Å². The van der Waals surface area contributed by atoms with Crippen molar-refractivity contribution in [1.82, 2.24) is 4.90 Å². The highest BCUT2D eigenvalue weighted by molar-refractivity contribution is 5.99. The number of carbonyl (C=O) groups is 2. The van der Waals surface area contributed by atoms with Crippen LogP contribution in [-0.2, 0) is 19.1 Å². The lowest BCUT2D eigenvalue weighted by molar-refractivity contribution is -0.164. The summed E-state index contributed by atoms with van der Waals surface area (Å²) in [5.74, 6) is -1.07. The fourth-order valence-electron chi connectivity index (χ4n) is 1.29. The fraction of sp³-hybridized carbons (Fsp3) is 0.846. The molecule has 0 radical (unpaired) electrons. The second-order valence-electron chi connectivity index (χ2n) is 4.50. The van der Waals surface area contributed by atoms with Gasteiger partial charge in [0.15, 0.2) is 0 Å². The number of hydrogen-bond donors (Lipinski definition) is 0. The van der Waals surface area contributed by atoms with Gasteiger partial charge in [-0.3, -0.25) is 4.90 Å². The van der Waals surface area contributed by atoms with Crippen LogP contribution < -0.4 is 0 Å². The van der Waals surface area contributed by atoms with E-state index in [4.69, 9.17) is 9.47 Å². The molecular formula is C13H25NO4. The van der Waals surface area contributed by atoms with Gasteiger partial charge in [-0.05, 0) is 33.7 Å². The summed E-state index contributed by atoms with van der Waals surface area (Å²) < 4.78 is 10.1. The molecule has 0 aliphatic rings. The van der Waals surface area contributed by atoms with Crippen LogP contribution in [0.3, 0.4) is 0 Å². The number of hydrogen-bond acceptors (Lipinski definition) is 5. The molecular weight excluding hydrogens is 234 g/mol. The third-order valence-corrected chi connectivity index (χ3v) is 2.57. The molecule has 0 aliphatic carbocycles. The molecule has 0 bridgehead atoms. The van der Waals surface area contributed by atoms with Crippen LogP contribution in [0.25, 0.3) is 0 Å². The van der Waals surface area contributed by atoms with E-state index >= 15 is 0 Å². The lowest BCUT2D eigenvalue weighted by Crippen LogP contribution is -2.49. The molecule has 0 aliphatic heterocycles. The van der Waals surface area contributed by atoms with Crippen LogP contribution in [-0.4, -0.2) is 49.2 Å². The molecule has 0 saturated heterocycles. The quantitative estimate of drug-likeness (QED) is 0.489. The largest absolute Gasteiger partial charge is 0.464 e. The molecule has 0 amide bonds. The minimum atomic E-state index is -0.969. The Kier molecular flexibility index (Phi) is 8.37. The Morgan fingerprint density at radius 3 is 1.67 bits per heavy atom. The SMILES string of the molecule is CCCOC(=O)C(C(=O)OCCC)N(C)C(C)C. The van der Waals surface area contributed by atoms with E-state index in [1.54, 1.807) is 11.9 Å². The molecule has 0 heterocycles. The maximum Gasteiger partial charge on any atom is 0.335 e. The van der Waals surface area contributed by atoms with Gasteiger partial charge in [0, 0.05) is 6.04 Å². The minimum absolute atomic E-state index is 0.0540. The summed E-state index contributed by atoms with van der Waals surface area (Å²) in [4.78, 5) is 25.4. The molecule has 0 spiro atoms. The van der Waals surface area contributed by atoms with Gasteiger partial charge in [0.1, 0.15) is 0 Å². The van der Waals surface area contributed by atoms with Crippen molar-refractivity contribution in [2.75, 3.05) is 20.3 Å². The Labute approximate surface area is 109 Å². The molecule has 5 heteroatoms. The van der Waals surface area contributed by atoms with Crippen molar-refractivity contribution >= 4 is 11.9 Å². The predicted molar refractivity (Wildman–Crippen MR) is 69.2 cm³/mol. The van der Waals surface area contributed by atoms with Crippen LogP contribution in [0.4, 0.5) is 0 Å². The number of nitrogens with zero attached hydrogens (tertiary/aromatic N) is 1. The Bertz CT molecular complexity index is 246. The molecule has 0 rings (SSSR count). The molecule has 0 fully saturated rings. The molecule has 0 aromatic heterocycles. The molecule has 0 atom stereocenters. The smallest absolute Gasteiger partial charge is 0.335 e. The standard InChI is InChI=1S/C13H25NO4/c1-6-8-17-12(15)11(14(5)10(3)4)13(16)18-9-7-2/h10-11H,6-9H2,1-5H3. The lowest BCUT2D eigenvalue weighted by atomic mass is 10.2. The van der Waals surface area contributed by atoms with E-state index in [9.17, 15) is 9.59 Å². The van der Waals surface area contributed by atoms with Gasteiger partial charge in [0.2, 0.25) is 6.04 Å². The first kappa shape index (κ1) is 16.9. The Hall–Kier alpha value is -1.10. The zero-order valence-corrected chi connectivity index (χ0v) is 12.1. The van der Waals surface area contributed by atoms with Gasteiger partial charge < -0.3 is 9.47 Å². The van der Waals surface area contributed by atoms with E-state index in [1.807, 2.05) is 27.7 Å². The predicted octanol–water partition coefficient (Wildman–Crippen LogP) is 1.60. The third-order valence-electron chi connectivity index (χ3n) is 2.57. The minimum Gasteiger partial charge on any atom is -0.464 e. The second kappa shape index (κ2) is 8.91. The Morgan fingerprint density at radius 2 is 1.39 bits per heavy atom. The number of rotatable bonds is 8. The van der Waals surface area contributed by atoms with E-state index in [0.717, 1.165) is 12.8 Å². The van der Waals surface area contributed by atoms with Crippen LogP contribution >= 0.6 is 0 Å².